The zero-order chi connectivity index (χ0) is 21.3. The molecule has 2 aromatic carbocycles. The number of hydrogen-bond acceptors (Lipinski definition) is 2. The van der Waals surface area contributed by atoms with Gasteiger partial charge in [-0.2, -0.15) is 13.2 Å². The molecule has 2 aromatic rings. The summed E-state index contributed by atoms with van der Waals surface area (Å²) in [4.78, 5) is 28.2. The Kier molecular flexibility index (Phi) is 5.54. The molecule has 0 saturated carbocycles. The van der Waals surface area contributed by atoms with Crippen molar-refractivity contribution < 1.29 is 22.8 Å². The van der Waals surface area contributed by atoms with Crippen molar-refractivity contribution in [3.8, 4) is 11.1 Å². The highest BCUT2D eigenvalue weighted by atomic mass is 19.4. The molecule has 0 unspecified atom stereocenters. The zero-order valence-electron chi connectivity index (χ0n) is 16.5. The predicted molar refractivity (Wildman–Crippen MR) is 109 cm³/mol. The van der Waals surface area contributed by atoms with Crippen LogP contribution in [0.5, 0.6) is 0 Å². The SMILES string of the molecule is O=C1CCCCN1c1cc(-c2ccccc2C(F)(F)F)cc(N2CCCCC2=O)c1. The largest absolute Gasteiger partial charge is 0.417 e. The molecule has 30 heavy (non-hydrogen) atoms. The van der Waals surface area contributed by atoms with E-state index in [1.807, 2.05) is 0 Å². The Labute approximate surface area is 173 Å². The van der Waals surface area contributed by atoms with Crippen molar-refractivity contribution in [2.75, 3.05) is 22.9 Å². The van der Waals surface area contributed by atoms with Crippen LogP contribution in [0.4, 0.5) is 24.5 Å². The van der Waals surface area contributed by atoms with Gasteiger partial charge in [-0.25, -0.2) is 0 Å². The Balaban J connectivity index is 1.86. The van der Waals surface area contributed by atoms with Crippen molar-refractivity contribution in [1.29, 1.82) is 0 Å². The van der Waals surface area contributed by atoms with Gasteiger partial charge in [0, 0.05) is 37.3 Å². The second kappa shape index (κ2) is 8.13. The molecule has 2 fully saturated rings. The quantitative estimate of drug-likeness (QED) is 0.672. The highest BCUT2D eigenvalue weighted by molar-refractivity contribution is 5.99. The van der Waals surface area contributed by atoms with Gasteiger partial charge in [0.1, 0.15) is 0 Å². The number of benzene rings is 2. The molecule has 2 amide bonds. The lowest BCUT2D eigenvalue weighted by molar-refractivity contribution is -0.137. The average molecular weight is 416 g/mol. The first-order valence-corrected chi connectivity index (χ1v) is 10.3. The van der Waals surface area contributed by atoms with Crippen molar-refractivity contribution >= 4 is 23.2 Å². The third-order valence-corrected chi connectivity index (χ3v) is 5.72. The smallest absolute Gasteiger partial charge is 0.312 e. The number of carbonyl (C=O) groups is 2. The summed E-state index contributed by atoms with van der Waals surface area (Å²) in [5, 5.41) is 0. The van der Waals surface area contributed by atoms with Crippen LogP contribution < -0.4 is 9.80 Å². The molecule has 0 atom stereocenters. The molecule has 0 spiro atoms. The average Bonchev–Trinajstić information content (AvgIpc) is 2.73. The minimum Gasteiger partial charge on any atom is -0.312 e. The molecule has 0 aliphatic carbocycles. The number of piperidine rings is 2. The van der Waals surface area contributed by atoms with Gasteiger partial charge in [0.15, 0.2) is 0 Å². The van der Waals surface area contributed by atoms with Crippen molar-refractivity contribution in [3.05, 3.63) is 48.0 Å². The maximum atomic E-state index is 13.6. The van der Waals surface area contributed by atoms with E-state index in [-0.39, 0.29) is 17.4 Å². The molecule has 7 heteroatoms. The number of alkyl halides is 3. The van der Waals surface area contributed by atoms with Crippen LogP contribution in [0.3, 0.4) is 0 Å². The fourth-order valence-electron chi connectivity index (χ4n) is 4.20. The van der Waals surface area contributed by atoms with Crippen molar-refractivity contribution in [2.24, 2.45) is 0 Å². The van der Waals surface area contributed by atoms with Crippen molar-refractivity contribution in [3.63, 3.8) is 0 Å². The first-order valence-electron chi connectivity index (χ1n) is 10.3. The van der Waals surface area contributed by atoms with E-state index in [1.54, 1.807) is 34.1 Å². The number of amides is 2. The highest BCUT2D eigenvalue weighted by Gasteiger charge is 2.34. The lowest BCUT2D eigenvalue weighted by atomic mass is 9.97. The maximum absolute atomic E-state index is 13.6. The van der Waals surface area contributed by atoms with Crippen LogP contribution in [0.2, 0.25) is 0 Å². The monoisotopic (exact) mass is 416 g/mol. The molecule has 0 bridgehead atoms. The van der Waals surface area contributed by atoms with Crippen molar-refractivity contribution in [2.45, 2.75) is 44.7 Å². The fraction of sp³-hybridized carbons (Fsp3) is 0.391. The molecular weight excluding hydrogens is 393 g/mol. The van der Waals surface area contributed by atoms with E-state index in [2.05, 4.69) is 0 Å². The fourth-order valence-corrected chi connectivity index (χ4v) is 4.20. The van der Waals surface area contributed by atoms with Crippen molar-refractivity contribution in [1.82, 2.24) is 0 Å². The van der Waals surface area contributed by atoms with E-state index < -0.39 is 11.7 Å². The molecule has 158 valence electrons. The van der Waals surface area contributed by atoms with Gasteiger partial charge in [-0.05, 0) is 61.1 Å². The molecule has 2 saturated heterocycles. The third kappa shape index (κ3) is 4.06. The van der Waals surface area contributed by atoms with Gasteiger partial charge in [0.2, 0.25) is 11.8 Å². The van der Waals surface area contributed by atoms with E-state index in [9.17, 15) is 22.8 Å². The van der Waals surface area contributed by atoms with Crippen LogP contribution in [0, 0.1) is 0 Å². The molecule has 0 N–H and O–H groups in total. The standard InChI is InChI=1S/C23H23F3N2O2/c24-23(25,26)20-8-2-1-7-19(20)16-13-17(27-11-5-3-9-21(27)29)15-18(14-16)28-12-6-4-10-22(28)30/h1-2,7-8,13-15H,3-6,9-12H2. The van der Waals surface area contributed by atoms with E-state index >= 15 is 0 Å². The summed E-state index contributed by atoms with van der Waals surface area (Å²) in [7, 11) is 0. The minimum atomic E-state index is -4.51. The summed E-state index contributed by atoms with van der Waals surface area (Å²) >= 11 is 0. The first kappa shape index (κ1) is 20.4. The number of carbonyl (C=O) groups excluding carboxylic acids is 2. The molecule has 0 radical (unpaired) electrons. The van der Waals surface area contributed by atoms with Crippen LogP contribution in [-0.2, 0) is 15.8 Å². The second-order valence-corrected chi connectivity index (χ2v) is 7.79. The summed E-state index contributed by atoms with van der Waals surface area (Å²) in [6.07, 6.45) is -0.371. The van der Waals surface area contributed by atoms with Crippen LogP contribution in [0.15, 0.2) is 42.5 Å². The van der Waals surface area contributed by atoms with Crippen LogP contribution in [0.1, 0.15) is 44.1 Å². The third-order valence-electron chi connectivity index (χ3n) is 5.72. The molecule has 4 nitrogen and oxygen atoms in total. The lowest BCUT2D eigenvalue weighted by Gasteiger charge is -2.31. The van der Waals surface area contributed by atoms with Crippen LogP contribution >= 0.6 is 0 Å². The van der Waals surface area contributed by atoms with E-state index in [0.29, 0.717) is 42.9 Å². The summed E-state index contributed by atoms with van der Waals surface area (Å²) in [5.74, 6) is -0.0862. The van der Waals surface area contributed by atoms with E-state index in [0.717, 1.165) is 31.7 Å². The molecule has 0 aromatic heterocycles. The summed E-state index contributed by atoms with van der Waals surface area (Å²) in [6, 6.07) is 10.4. The first-order chi connectivity index (χ1) is 14.3. The molecule has 4 rings (SSSR count). The predicted octanol–water partition coefficient (Wildman–Crippen LogP) is 5.41. The second-order valence-electron chi connectivity index (χ2n) is 7.79. The number of nitrogens with zero attached hydrogens (tertiary/aromatic N) is 2. The Morgan fingerprint density at radius 2 is 1.27 bits per heavy atom. The molecule has 2 aliphatic heterocycles. The summed E-state index contributed by atoms with van der Waals surface area (Å²) in [6.45, 7) is 1.05. The minimum absolute atomic E-state index is 0.0431. The number of anilines is 2. The Hall–Kier alpha value is -2.83. The molecule has 2 heterocycles. The summed E-state index contributed by atoms with van der Waals surface area (Å²) < 4.78 is 40.9. The highest BCUT2D eigenvalue weighted by Crippen LogP contribution is 2.40. The number of halogens is 3. The molecular formula is C23H23F3N2O2. The summed E-state index contributed by atoms with van der Waals surface area (Å²) in [5.41, 5.74) is 0.752. The lowest BCUT2D eigenvalue weighted by Crippen LogP contribution is -2.37. The van der Waals surface area contributed by atoms with Gasteiger partial charge in [-0.3, -0.25) is 9.59 Å². The van der Waals surface area contributed by atoms with Gasteiger partial charge >= 0.3 is 6.18 Å². The Morgan fingerprint density at radius 3 is 1.77 bits per heavy atom. The van der Waals surface area contributed by atoms with Gasteiger partial charge in [0.05, 0.1) is 5.56 Å². The van der Waals surface area contributed by atoms with Crippen LogP contribution in [-0.4, -0.2) is 24.9 Å². The zero-order valence-corrected chi connectivity index (χ0v) is 16.5. The van der Waals surface area contributed by atoms with Gasteiger partial charge in [-0.1, -0.05) is 18.2 Å². The van der Waals surface area contributed by atoms with E-state index in [4.69, 9.17) is 0 Å². The maximum Gasteiger partial charge on any atom is 0.417 e. The topological polar surface area (TPSA) is 40.6 Å². The van der Waals surface area contributed by atoms with Crippen LogP contribution in [0.25, 0.3) is 11.1 Å². The Morgan fingerprint density at radius 1 is 0.733 bits per heavy atom. The normalized spacial score (nSPS) is 18.1. The van der Waals surface area contributed by atoms with Gasteiger partial charge in [0.25, 0.3) is 0 Å². The van der Waals surface area contributed by atoms with Gasteiger partial charge < -0.3 is 9.80 Å². The van der Waals surface area contributed by atoms with Gasteiger partial charge in [-0.15, -0.1) is 0 Å². The molecule has 2 aliphatic rings. The number of hydrogen-bond donors (Lipinski definition) is 0. The number of rotatable bonds is 3. The van der Waals surface area contributed by atoms with E-state index in [1.165, 1.54) is 12.1 Å². The Bertz CT molecular complexity index is 925.